The third-order valence-electron chi connectivity index (χ3n) is 5.85. The molecule has 0 aliphatic carbocycles. The predicted molar refractivity (Wildman–Crippen MR) is 114 cm³/mol. The Morgan fingerprint density at radius 2 is 1.71 bits per heavy atom. The maximum Gasteiger partial charge on any atom is 0.325 e. The second-order valence-electron chi connectivity index (χ2n) is 8.06. The number of hydrogen-bond donors (Lipinski definition) is 1. The van der Waals surface area contributed by atoms with Gasteiger partial charge in [0, 0.05) is 50.5 Å². The number of piperidine rings is 1. The molecule has 0 radical (unpaired) electrons. The standard InChI is InChI=1S/C23H26F2N4O2/c24-20-7-6-19(14-21(20)25)29-13-12-28(23(29)31)16-22(30)26-18-8-10-27(11-9-18)15-17-4-2-1-3-5-17/h1-7,14,18H,8-13,15-16H2,(H,26,30). The maximum atomic E-state index is 13.5. The molecule has 6 nitrogen and oxygen atoms in total. The number of urea groups is 1. The van der Waals surface area contributed by atoms with Crippen molar-refractivity contribution in [3.05, 3.63) is 65.7 Å². The normalized spacial score (nSPS) is 17.9. The van der Waals surface area contributed by atoms with Crippen LogP contribution in [-0.4, -0.2) is 60.5 Å². The summed E-state index contributed by atoms with van der Waals surface area (Å²) in [6, 6.07) is 13.4. The Labute approximate surface area is 180 Å². The van der Waals surface area contributed by atoms with Gasteiger partial charge in [-0.1, -0.05) is 30.3 Å². The van der Waals surface area contributed by atoms with Crippen LogP contribution < -0.4 is 10.2 Å². The van der Waals surface area contributed by atoms with E-state index in [1.807, 2.05) is 18.2 Å². The summed E-state index contributed by atoms with van der Waals surface area (Å²) in [6.07, 6.45) is 1.74. The van der Waals surface area contributed by atoms with Crippen molar-refractivity contribution >= 4 is 17.6 Å². The molecule has 2 aliphatic rings. The zero-order chi connectivity index (χ0) is 21.8. The minimum Gasteiger partial charge on any atom is -0.352 e. The van der Waals surface area contributed by atoms with Gasteiger partial charge in [-0.2, -0.15) is 0 Å². The van der Waals surface area contributed by atoms with Crippen molar-refractivity contribution in [1.82, 2.24) is 15.1 Å². The SMILES string of the molecule is O=C(CN1CCN(c2ccc(F)c(F)c2)C1=O)NC1CCN(Cc2ccccc2)CC1. The van der Waals surface area contributed by atoms with Crippen LogP contribution in [0.25, 0.3) is 0 Å². The van der Waals surface area contributed by atoms with Crippen molar-refractivity contribution < 1.29 is 18.4 Å². The molecular formula is C23H26F2N4O2. The van der Waals surface area contributed by atoms with Crippen molar-refractivity contribution in [1.29, 1.82) is 0 Å². The number of carbonyl (C=O) groups excluding carboxylic acids is 2. The van der Waals surface area contributed by atoms with Crippen LogP contribution in [0.1, 0.15) is 18.4 Å². The number of likely N-dealkylation sites (tertiary alicyclic amines) is 1. The van der Waals surface area contributed by atoms with Crippen LogP contribution in [0, 0.1) is 11.6 Å². The zero-order valence-corrected chi connectivity index (χ0v) is 17.3. The van der Waals surface area contributed by atoms with Gasteiger partial charge < -0.3 is 10.2 Å². The Morgan fingerprint density at radius 1 is 0.968 bits per heavy atom. The fourth-order valence-corrected chi connectivity index (χ4v) is 4.15. The first kappa shape index (κ1) is 21.2. The molecule has 2 saturated heterocycles. The lowest BCUT2D eigenvalue weighted by Gasteiger charge is -2.32. The molecule has 0 unspecified atom stereocenters. The third kappa shape index (κ3) is 5.19. The van der Waals surface area contributed by atoms with E-state index in [9.17, 15) is 18.4 Å². The van der Waals surface area contributed by atoms with E-state index in [1.165, 1.54) is 21.4 Å². The number of halogens is 2. The molecule has 2 aliphatic heterocycles. The number of hydrogen-bond acceptors (Lipinski definition) is 3. The lowest BCUT2D eigenvalue weighted by Crippen LogP contribution is -2.47. The number of anilines is 1. The minimum atomic E-state index is -1.000. The van der Waals surface area contributed by atoms with E-state index in [2.05, 4.69) is 22.3 Å². The fraction of sp³-hybridized carbons (Fsp3) is 0.391. The van der Waals surface area contributed by atoms with Crippen LogP contribution in [0.4, 0.5) is 19.3 Å². The molecule has 0 saturated carbocycles. The number of amides is 3. The van der Waals surface area contributed by atoms with Crippen LogP contribution in [-0.2, 0) is 11.3 Å². The van der Waals surface area contributed by atoms with E-state index in [1.54, 1.807) is 0 Å². The number of carbonyl (C=O) groups is 2. The van der Waals surface area contributed by atoms with Gasteiger partial charge in [-0.3, -0.25) is 14.6 Å². The third-order valence-corrected chi connectivity index (χ3v) is 5.85. The molecule has 0 spiro atoms. The summed E-state index contributed by atoms with van der Waals surface area (Å²) in [6.45, 7) is 3.38. The van der Waals surface area contributed by atoms with E-state index >= 15 is 0 Å². The minimum absolute atomic E-state index is 0.0385. The number of nitrogens with one attached hydrogen (secondary N) is 1. The van der Waals surface area contributed by atoms with Gasteiger partial charge in [0.1, 0.15) is 6.54 Å². The highest BCUT2D eigenvalue weighted by Gasteiger charge is 2.32. The predicted octanol–water partition coefficient (Wildman–Crippen LogP) is 2.99. The van der Waals surface area contributed by atoms with E-state index in [-0.39, 0.29) is 30.2 Å². The molecule has 2 heterocycles. The molecule has 0 aromatic heterocycles. The van der Waals surface area contributed by atoms with E-state index in [4.69, 9.17) is 0 Å². The summed E-state index contributed by atoms with van der Waals surface area (Å²) < 4.78 is 26.6. The molecule has 164 valence electrons. The topological polar surface area (TPSA) is 55.9 Å². The van der Waals surface area contributed by atoms with E-state index in [0.29, 0.717) is 13.1 Å². The van der Waals surface area contributed by atoms with Crippen LogP contribution in [0.2, 0.25) is 0 Å². The van der Waals surface area contributed by atoms with Crippen molar-refractivity contribution in [3.8, 4) is 0 Å². The Kier molecular flexibility index (Phi) is 6.46. The fourth-order valence-electron chi connectivity index (χ4n) is 4.15. The smallest absolute Gasteiger partial charge is 0.325 e. The molecule has 8 heteroatoms. The van der Waals surface area contributed by atoms with Gasteiger partial charge in [0.2, 0.25) is 5.91 Å². The van der Waals surface area contributed by atoms with Crippen molar-refractivity contribution in [2.75, 3.05) is 37.6 Å². The Balaban J connectivity index is 1.23. The van der Waals surface area contributed by atoms with Gasteiger partial charge in [0.05, 0.1) is 0 Å². The first-order chi connectivity index (χ1) is 15.0. The van der Waals surface area contributed by atoms with Gasteiger partial charge in [0.15, 0.2) is 11.6 Å². The largest absolute Gasteiger partial charge is 0.352 e. The summed E-state index contributed by atoms with van der Waals surface area (Å²) in [5, 5.41) is 3.03. The summed E-state index contributed by atoms with van der Waals surface area (Å²) >= 11 is 0. The molecule has 1 N–H and O–H groups in total. The number of benzene rings is 2. The average Bonchev–Trinajstić information content (AvgIpc) is 3.12. The molecule has 3 amide bonds. The molecule has 2 aromatic carbocycles. The zero-order valence-electron chi connectivity index (χ0n) is 17.3. The summed E-state index contributed by atoms with van der Waals surface area (Å²) in [5.41, 5.74) is 1.57. The second kappa shape index (κ2) is 9.43. The van der Waals surface area contributed by atoms with Gasteiger partial charge in [0.25, 0.3) is 0 Å². The first-order valence-corrected chi connectivity index (χ1v) is 10.6. The lowest BCUT2D eigenvalue weighted by molar-refractivity contribution is -0.122. The quantitative estimate of drug-likeness (QED) is 0.770. The van der Waals surface area contributed by atoms with Gasteiger partial charge in [-0.05, 0) is 30.5 Å². The van der Waals surface area contributed by atoms with Gasteiger partial charge >= 0.3 is 6.03 Å². The Hall–Kier alpha value is -3.00. The molecule has 4 rings (SSSR count). The van der Waals surface area contributed by atoms with E-state index < -0.39 is 11.6 Å². The lowest BCUT2D eigenvalue weighted by atomic mass is 10.0. The van der Waals surface area contributed by atoms with Gasteiger partial charge in [-0.15, -0.1) is 0 Å². The number of nitrogens with zero attached hydrogens (tertiary/aromatic N) is 3. The monoisotopic (exact) mass is 428 g/mol. The molecule has 0 bridgehead atoms. The number of rotatable bonds is 6. The highest BCUT2D eigenvalue weighted by molar-refractivity contribution is 5.96. The summed E-state index contributed by atoms with van der Waals surface area (Å²) in [5.74, 6) is -2.15. The molecular weight excluding hydrogens is 402 g/mol. The molecule has 2 aromatic rings. The summed E-state index contributed by atoms with van der Waals surface area (Å²) in [4.78, 5) is 30.2. The maximum absolute atomic E-state index is 13.5. The summed E-state index contributed by atoms with van der Waals surface area (Å²) in [7, 11) is 0. The highest BCUT2D eigenvalue weighted by Crippen LogP contribution is 2.22. The Morgan fingerprint density at radius 3 is 2.42 bits per heavy atom. The molecule has 0 atom stereocenters. The molecule has 2 fully saturated rings. The van der Waals surface area contributed by atoms with Crippen LogP contribution in [0.3, 0.4) is 0 Å². The molecule has 31 heavy (non-hydrogen) atoms. The van der Waals surface area contributed by atoms with Crippen molar-refractivity contribution in [2.45, 2.75) is 25.4 Å². The highest BCUT2D eigenvalue weighted by atomic mass is 19.2. The van der Waals surface area contributed by atoms with Gasteiger partial charge in [-0.25, -0.2) is 13.6 Å². The van der Waals surface area contributed by atoms with Crippen molar-refractivity contribution in [3.63, 3.8) is 0 Å². The van der Waals surface area contributed by atoms with Crippen LogP contribution >= 0.6 is 0 Å². The Bertz CT molecular complexity index is 932. The first-order valence-electron chi connectivity index (χ1n) is 10.6. The average molecular weight is 428 g/mol. The van der Waals surface area contributed by atoms with Crippen LogP contribution in [0.5, 0.6) is 0 Å². The second-order valence-corrected chi connectivity index (χ2v) is 8.06. The van der Waals surface area contributed by atoms with E-state index in [0.717, 1.165) is 44.6 Å². The van der Waals surface area contributed by atoms with Crippen LogP contribution in [0.15, 0.2) is 48.5 Å². The van der Waals surface area contributed by atoms with Crippen molar-refractivity contribution in [2.24, 2.45) is 0 Å².